The van der Waals surface area contributed by atoms with Crippen molar-refractivity contribution in [2.24, 2.45) is 0 Å². The molecule has 3 rings (SSSR count). The number of carbonyl (C=O) groups is 1. The van der Waals surface area contributed by atoms with Crippen LogP contribution in [0.2, 0.25) is 0 Å². The van der Waals surface area contributed by atoms with E-state index < -0.39 is 17.6 Å². The SMILES string of the molecule is CCOC(=O)c1nnc(-c2cc(F)ccc2F)nc1OC1=CC=C(Cl)CC1. The van der Waals surface area contributed by atoms with Gasteiger partial charge in [-0.3, -0.25) is 0 Å². The number of hydrogen-bond acceptors (Lipinski definition) is 6. The van der Waals surface area contributed by atoms with Gasteiger partial charge in [0.25, 0.3) is 5.88 Å². The zero-order valence-electron chi connectivity index (χ0n) is 14.2. The van der Waals surface area contributed by atoms with Gasteiger partial charge in [0.05, 0.1) is 12.2 Å². The van der Waals surface area contributed by atoms with Crippen molar-refractivity contribution in [2.45, 2.75) is 19.8 Å². The number of ether oxygens (including phenoxy) is 2. The third-order valence-electron chi connectivity index (χ3n) is 3.58. The van der Waals surface area contributed by atoms with Crippen molar-refractivity contribution in [3.8, 4) is 17.3 Å². The van der Waals surface area contributed by atoms with Crippen molar-refractivity contribution in [1.29, 1.82) is 0 Å². The van der Waals surface area contributed by atoms with Gasteiger partial charge in [-0.1, -0.05) is 11.6 Å². The standard InChI is InChI=1S/C18H14ClF2N3O3/c1-2-26-18(25)15-17(27-12-6-3-10(19)4-7-12)22-16(24-23-15)13-9-11(20)5-8-14(13)21/h3,5-6,8-9H,2,4,7H2,1H3. The second kappa shape index (κ2) is 8.22. The van der Waals surface area contributed by atoms with Crippen LogP contribution in [0, 0.1) is 11.6 Å². The van der Waals surface area contributed by atoms with E-state index in [4.69, 9.17) is 21.1 Å². The molecule has 6 nitrogen and oxygen atoms in total. The second-order valence-corrected chi connectivity index (χ2v) is 5.97. The number of nitrogens with zero attached hydrogens (tertiary/aromatic N) is 3. The largest absolute Gasteiger partial charge is 0.461 e. The first kappa shape index (κ1) is 18.9. The summed E-state index contributed by atoms with van der Waals surface area (Å²) in [6, 6.07) is 2.85. The maximum Gasteiger partial charge on any atom is 0.364 e. The Labute approximate surface area is 158 Å². The van der Waals surface area contributed by atoms with Crippen LogP contribution in [0.5, 0.6) is 5.88 Å². The van der Waals surface area contributed by atoms with Gasteiger partial charge in [-0.05, 0) is 43.7 Å². The van der Waals surface area contributed by atoms with Crippen molar-refractivity contribution in [1.82, 2.24) is 15.2 Å². The highest BCUT2D eigenvalue weighted by molar-refractivity contribution is 6.29. The number of rotatable bonds is 5. The van der Waals surface area contributed by atoms with E-state index in [9.17, 15) is 13.6 Å². The summed E-state index contributed by atoms with van der Waals surface area (Å²) in [5.74, 6) is -2.14. The molecule has 0 fully saturated rings. The van der Waals surface area contributed by atoms with Crippen LogP contribution in [0.25, 0.3) is 11.4 Å². The van der Waals surface area contributed by atoms with Crippen LogP contribution in [0.1, 0.15) is 30.3 Å². The van der Waals surface area contributed by atoms with Crippen molar-refractivity contribution in [3.63, 3.8) is 0 Å². The van der Waals surface area contributed by atoms with Gasteiger partial charge >= 0.3 is 5.97 Å². The normalized spacial score (nSPS) is 13.6. The molecule has 0 radical (unpaired) electrons. The Hall–Kier alpha value is -2.87. The highest BCUT2D eigenvalue weighted by atomic mass is 35.5. The Morgan fingerprint density at radius 1 is 1.22 bits per heavy atom. The number of allylic oxidation sites excluding steroid dienone is 4. The van der Waals surface area contributed by atoms with Gasteiger partial charge in [-0.15, -0.1) is 10.2 Å². The minimum absolute atomic E-state index is 0.112. The molecule has 1 aromatic heterocycles. The molecule has 27 heavy (non-hydrogen) atoms. The number of esters is 1. The second-order valence-electron chi connectivity index (χ2n) is 5.48. The molecule has 0 spiro atoms. The Balaban J connectivity index is 2.03. The summed E-state index contributed by atoms with van der Waals surface area (Å²) in [7, 11) is 0. The lowest BCUT2D eigenvalue weighted by atomic mass is 10.1. The molecule has 2 aromatic rings. The Kier molecular flexibility index (Phi) is 5.75. The quantitative estimate of drug-likeness (QED) is 0.710. The lowest BCUT2D eigenvalue weighted by Gasteiger charge is -2.14. The van der Waals surface area contributed by atoms with Gasteiger partial charge in [-0.25, -0.2) is 13.6 Å². The minimum Gasteiger partial charge on any atom is -0.461 e. The van der Waals surface area contributed by atoms with Crippen LogP contribution in [0.15, 0.2) is 41.1 Å². The van der Waals surface area contributed by atoms with Crippen molar-refractivity contribution >= 4 is 17.6 Å². The number of aromatic nitrogens is 3. The highest BCUT2D eigenvalue weighted by Gasteiger charge is 2.23. The van der Waals surface area contributed by atoms with Crippen LogP contribution in [-0.4, -0.2) is 27.8 Å². The van der Waals surface area contributed by atoms with Crippen LogP contribution < -0.4 is 4.74 Å². The number of benzene rings is 1. The molecular weight excluding hydrogens is 380 g/mol. The van der Waals surface area contributed by atoms with Crippen LogP contribution >= 0.6 is 11.6 Å². The average Bonchev–Trinajstić information content (AvgIpc) is 2.65. The van der Waals surface area contributed by atoms with Gasteiger partial charge in [-0.2, -0.15) is 4.98 Å². The molecule has 1 aliphatic rings. The van der Waals surface area contributed by atoms with Crippen LogP contribution in [0.4, 0.5) is 8.78 Å². The van der Waals surface area contributed by atoms with Gasteiger partial charge in [0.1, 0.15) is 17.4 Å². The fourth-order valence-electron chi connectivity index (χ4n) is 2.30. The topological polar surface area (TPSA) is 74.2 Å². The number of carbonyl (C=O) groups excluding carboxylic acids is 1. The zero-order chi connectivity index (χ0) is 19.4. The number of hydrogen-bond donors (Lipinski definition) is 0. The van der Waals surface area contributed by atoms with E-state index in [0.29, 0.717) is 23.6 Å². The van der Waals surface area contributed by atoms with Gasteiger partial charge in [0.2, 0.25) is 5.69 Å². The molecule has 140 valence electrons. The molecule has 0 amide bonds. The molecule has 9 heteroatoms. The number of halogens is 3. The van der Waals surface area contributed by atoms with Crippen LogP contribution in [-0.2, 0) is 4.74 Å². The third-order valence-corrected chi connectivity index (χ3v) is 3.90. The summed E-state index contributed by atoms with van der Waals surface area (Å²) in [4.78, 5) is 16.2. The predicted octanol–water partition coefficient (Wildman–Crippen LogP) is 4.17. The molecular formula is C18H14ClF2N3O3. The first-order valence-electron chi connectivity index (χ1n) is 8.08. The monoisotopic (exact) mass is 393 g/mol. The lowest BCUT2D eigenvalue weighted by Crippen LogP contribution is -2.14. The fourth-order valence-corrected chi connectivity index (χ4v) is 2.45. The predicted molar refractivity (Wildman–Crippen MR) is 93.0 cm³/mol. The summed E-state index contributed by atoms with van der Waals surface area (Å²) in [6.07, 6.45) is 4.33. The van der Waals surface area contributed by atoms with E-state index in [2.05, 4.69) is 15.2 Å². The van der Waals surface area contributed by atoms with Gasteiger partial charge < -0.3 is 9.47 Å². The van der Waals surface area contributed by atoms with E-state index in [0.717, 1.165) is 18.2 Å². The van der Waals surface area contributed by atoms with E-state index in [1.165, 1.54) is 0 Å². The zero-order valence-corrected chi connectivity index (χ0v) is 15.0. The smallest absolute Gasteiger partial charge is 0.364 e. The summed E-state index contributed by atoms with van der Waals surface area (Å²) >= 11 is 5.92. The van der Waals surface area contributed by atoms with Crippen LogP contribution in [0.3, 0.4) is 0 Å². The summed E-state index contributed by atoms with van der Waals surface area (Å²) < 4.78 is 38.1. The Morgan fingerprint density at radius 2 is 2.04 bits per heavy atom. The summed E-state index contributed by atoms with van der Waals surface area (Å²) in [5.41, 5.74) is -0.470. The van der Waals surface area contributed by atoms with Crippen molar-refractivity contribution < 1.29 is 23.0 Å². The molecule has 1 heterocycles. The highest BCUT2D eigenvalue weighted by Crippen LogP contribution is 2.27. The first-order chi connectivity index (χ1) is 13.0. The molecule has 0 aliphatic heterocycles. The molecule has 0 bridgehead atoms. The van der Waals surface area contributed by atoms with E-state index in [1.54, 1.807) is 19.1 Å². The molecule has 0 saturated heterocycles. The van der Waals surface area contributed by atoms with Crippen molar-refractivity contribution in [3.05, 3.63) is 58.5 Å². The maximum absolute atomic E-state index is 14.0. The average molecular weight is 394 g/mol. The van der Waals surface area contributed by atoms with Gasteiger partial charge in [0.15, 0.2) is 5.82 Å². The van der Waals surface area contributed by atoms with Crippen molar-refractivity contribution in [2.75, 3.05) is 6.61 Å². The Bertz CT molecular complexity index is 947. The lowest BCUT2D eigenvalue weighted by molar-refractivity contribution is 0.0513. The molecule has 0 N–H and O–H groups in total. The molecule has 0 unspecified atom stereocenters. The fraction of sp³-hybridized carbons (Fsp3) is 0.222. The van der Waals surface area contributed by atoms with E-state index in [1.807, 2.05) is 0 Å². The maximum atomic E-state index is 14.0. The van der Waals surface area contributed by atoms with Gasteiger partial charge in [0, 0.05) is 11.5 Å². The van der Waals surface area contributed by atoms with E-state index in [-0.39, 0.29) is 29.6 Å². The third kappa shape index (κ3) is 4.46. The molecule has 1 aliphatic carbocycles. The summed E-state index contributed by atoms with van der Waals surface area (Å²) in [6.45, 7) is 1.74. The Morgan fingerprint density at radius 3 is 2.74 bits per heavy atom. The first-order valence-corrected chi connectivity index (χ1v) is 8.46. The summed E-state index contributed by atoms with van der Waals surface area (Å²) in [5, 5.41) is 8.14. The molecule has 1 aromatic carbocycles. The molecule has 0 saturated carbocycles. The molecule has 0 atom stereocenters. The van der Waals surface area contributed by atoms with E-state index >= 15 is 0 Å². The minimum atomic E-state index is -0.788.